The quantitative estimate of drug-likeness (QED) is 0.431. The predicted octanol–water partition coefficient (Wildman–Crippen LogP) is 4.46. The Bertz CT molecular complexity index is 1320. The van der Waals surface area contributed by atoms with E-state index in [2.05, 4.69) is 0 Å². The highest BCUT2D eigenvalue weighted by Crippen LogP contribution is 2.63. The van der Waals surface area contributed by atoms with Crippen molar-refractivity contribution in [1.82, 2.24) is 0 Å². The van der Waals surface area contributed by atoms with Crippen LogP contribution in [0.1, 0.15) is 33.7 Å². The summed E-state index contributed by atoms with van der Waals surface area (Å²) in [5, 5.41) is 0. The van der Waals surface area contributed by atoms with E-state index in [1.165, 1.54) is 12.1 Å². The van der Waals surface area contributed by atoms with Crippen molar-refractivity contribution in [2.75, 3.05) is 4.90 Å². The lowest BCUT2D eigenvalue weighted by molar-refractivity contribution is -0.137. The molecule has 1 heterocycles. The number of carbonyl (C=O) groups is 3. The number of amides is 2. The second-order valence-electron chi connectivity index (χ2n) is 8.70. The molecule has 0 unspecified atom stereocenters. The van der Waals surface area contributed by atoms with Gasteiger partial charge in [0.1, 0.15) is 6.29 Å². The second kappa shape index (κ2) is 6.41. The monoisotopic (exact) mass is 447 g/mol. The maximum absolute atomic E-state index is 13.8. The van der Waals surface area contributed by atoms with Gasteiger partial charge in [0.2, 0.25) is 11.8 Å². The van der Waals surface area contributed by atoms with E-state index >= 15 is 0 Å². The Morgan fingerprint density at radius 3 is 2.00 bits per heavy atom. The summed E-state index contributed by atoms with van der Waals surface area (Å²) in [5.74, 6) is -3.58. The van der Waals surface area contributed by atoms with E-state index in [0.717, 1.165) is 34.4 Å². The molecule has 2 bridgehead atoms. The fraction of sp³-hybridized carbons (Fsp3) is 0.192. The van der Waals surface area contributed by atoms with E-state index in [-0.39, 0.29) is 5.69 Å². The average molecular weight is 447 g/mol. The number of imide groups is 1. The van der Waals surface area contributed by atoms with Gasteiger partial charge in [-0.3, -0.25) is 9.59 Å². The summed E-state index contributed by atoms with van der Waals surface area (Å²) in [4.78, 5) is 41.1. The number of alkyl halides is 3. The summed E-state index contributed by atoms with van der Waals surface area (Å²) in [6.07, 6.45) is -3.89. The van der Waals surface area contributed by atoms with E-state index in [9.17, 15) is 27.6 Å². The van der Waals surface area contributed by atoms with Crippen molar-refractivity contribution in [3.05, 3.63) is 101 Å². The first-order valence-corrected chi connectivity index (χ1v) is 10.5. The first-order valence-electron chi connectivity index (χ1n) is 10.5. The Morgan fingerprint density at radius 1 is 0.818 bits per heavy atom. The van der Waals surface area contributed by atoms with Crippen LogP contribution in [0.15, 0.2) is 72.8 Å². The summed E-state index contributed by atoms with van der Waals surface area (Å²) in [6.45, 7) is 0. The van der Waals surface area contributed by atoms with Crippen LogP contribution in [0.25, 0.3) is 0 Å². The zero-order chi connectivity index (χ0) is 23.1. The Hall–Kier alpha value is -3.74. The maximum atomic E-state index is 13.8. The number of aldehydes is 1. The molecular formula is C26H16F3NO3. The molecule has 3 aromatic rings. The van der Waals surface area contributed by atoms with Gasteiger partial charge in [-0.05, 0) is 40.5 Å². The summed E-state index contributed by atoms with van der Waals surface area (Å²) in [5.41, 5.74) is 0.496. The maximum Gasteiger partial charge on any atom is 0.416 e. The fourth-order valence-corrected chi connectivity index (χ4v) is 6.11. The van der Waals surface area contributed by atoms with Gasteiger partial charge in [0.15, 0.2) is 0 Å². The fourth-order valence-electron chi connectivity index (χ4n) is 6.11. The van der Waals surface area contributed by atoms with Gasteiger partial charge in [0, 0.05) is 5.92 Å². The molecule has 0 spiro atoms. The lowest BCUT2D eigenvalue weighted by atomic mass is 9.48. The van der Waals surface area contributed by atoms with Crippen LogP contribution in [0, 0.1) is 11.8 Å². The zero-order valence-electron chi connectivity index (χ0n) is 17.0. The number of nitrogens with zero attached hydrogens (tertiary/aromatic N) is 1. The van der Waals surface area contributed by atoms with Gasteiger partial charge in [0.05, 0.1) is 28.5 Å². The van der Waals surface area contributed by atoms with Crippen molar-refractivity contribution in [1.29, 1.82) is 0 Å². The van der Waals surface area contributed by atoms with Gasteiger partial charge in [0.25, 0.3) is 0 Å². The van der Waals surface area contributed by atoms with Gasteiger partial charge in [-0.2, -0.15) is 13.2 Å². The molecule has 4 nitrogen and oxygen atoms in total. The molecule has 1 fully saturated rings. The third-order valence-electron chi connectivity index (χ3n) is 7.30. The van der Waals surface area contributed by atoms with Gasteiger partial charge in [-0.1, -0.05) is 54.6 Å². The summed E-state index contributed by atoms with van der Waals surface area (Å²) in [6, 6.07) is 18.7. The molecule has 3 aliphatic carbocycles. The minimum absolute atomic E-state index is 0.136. The van der Waals surface area contributed by atoms with E-state index in [0.29, 0.717) is 11.1 Å². The third-order valence-corrected chi connectivity index (χ3v) is 7.30. The summed E-state index contributed by atoms with van der Waals surface area (Å²) >= 11 is 0. The van der Waals surface area contributed by atoms with Crippen LogP contribution in [0.5, 0.6) is 0 Å². The lowest BCUT2D eigenvalue weighted by Crippen LogP contribution is -2.54. The van der Waals surface area contributed by atoms with Crippen LogP contribution in [-0.4, -0.2) is 18.1 Å². The van der Waals surface area contributed by atoms with Crippen LogP contribution >= 0.6 is 0 Å². The molecule has 7 rings (SSSR count). The SMILES string of the molecule is O=CC12c3ccccc3C(c3ccccc31)[C@H]1C(=O)N(c3cccc(C(F)(F)F)c3)C(=O)[C@@H]12. The summed E-state index contributed by atoms with van der Waals surface area (Å²) in [7, 11) is 0. The number of carbonyl (C=O) groups excluding carboxylic acids is 3. The van der Waals surface area contributed by atoms with Gasteiger partial charge in [-0.15, -0.1) is 0 Å². The van der Waals surface area contributed by atoms with Crippen LogP contribution < -0.4 is 4.90 Å². The van der Waals surface area contributed by atoms with Crippen molar-refractivity contribution in [3.8, 4) is 0 Å². The molecule has 1 aliphatic heterocycles. The molecule has 33 heavy (non-hydrogen) atoms. The van der Waals surface area contributed by atoms with Gasteiger partial charge < -0.3 is 4.79 Å². The third kappa shape index (κ3) is 2.34. The van der Waals surface area contributed by atoms with Crippen LogP contribution in [-0.2, 0) is 26.0 Å². The van der Waals surface area contributed by atoms with Crippen LogP contribution in [0.2, 0.25) is 0 Å². The molecule has 0 radical (unpaired) electrons. The minimum atomic E-state index is -4.62. The molecule has 0 N–H and O–H groups in total. The van der Waals surface area contributed by atoms with Gasteiger partial charge >= 0.3 is 6.18 Å². The molecule has 1 saturated heterocycles. The van der Waals surface area contributed by atoms with Crippen molar-refractivity contribution in [3.63, 3.8) is 0 Å². The number of hydrogen-bond donors (Lipinski definition) is 0. The van der Waals surface area contributed by atoms with Gasteiger partial charge in [-0.25, -0.2) is 4.90 Å². The molecule has 0 aromatic heterocycles. The molecule has 0 saturated carbocycles. The lowest BCUT2D eigenvalue weighted by Gasteiger charge is -2.51. The number of hydrogen-bond acceptors (Lipinski definition) is 3. The molecule has 2 atom stereocenters. The van der Waals surface area contributed by atoms with Crippen molar-refractivity contribution in [2.24, 2.45) is 11.8 Å². The molecule has 2 amide bonds. The molecule has 7 heteroatoms. The standard InChI is InChI=1S/C26H16F3NO3/c27-26(28,29)14-6-5-7-15(12-14)30-23(32)21-20-16-8-1-3-10-18(16)25(13-31,22(21)24(30)33)19-11-4-2-9-17(19)20/h1-13,20-22H/t20?,21-,22-,25?/m1/s1. The molecule has 4 aliphatic rings. The van der Waals surface area contributed by atoms with E-state index in [1.807, 2.05) is 24.3 Å². The highest BCUT2D eigenvalue weighted by Gasteiger charge is 2.68. The first kappa shape index (κ1) is 19.9. The normalized spacial score (nSPS) is 27.2. The molecule has 3 aromatic carbocycles. The Labute approximate surface area is 186 Å². The number of anilines is 1. The Morgan fingerprint density at radius 2 is 1.42 bits per heavy atom. The number of halogens is 3. The molecule has 164 valence electrons. The minimum Gasteiger partial charge on any atom is -0.302 e. The van der Waals surface area contributed by atoms with Crippen molar-refractivity contribution in [2.45, 2.75) is 17.5 Å². The largest absolute Gasteiger partial charge is 0.416 e. The number of rotatable bonds is 2. The highest BCUT2D eigenvalue weighted by atomic mass is 19.4. The Balaban J connectivity index is 1.59. The topological polar surface area (TPSA) is 54.5 Å². The Kier molecular flexibility index (Phi) is 3.86. The first-order chi connectivity index (χ1) is 15.8. The van der Waals surface area contributed by atoms with E-state index in [4.69, 9.17) is 0 Å². The second-order valence-corrected chi connectivity index (χ2v) is 8.70. The predicted molar refractivity (Wildman–Crippen MR) is 112 cm³/mol. The number of benzene rings is 3. The van der Waals surface area contributed by atoms with E-state index < -0.39 is 46.7 Å². The zero-order valence-corrected chi connectivity index (χ0v) is 17.0. The summed E-state index contributed by atoms with van der Waals surface area (Å²) < 4.78 is 40.0. The molecular weight excluding hydrogens is 431 g/mol. The van der Waals surface area contributed by atoms with Crippen LogP contribution in [0.4, 0.5) is 18.9 Å². The average Bonchev–Trinajstić information content (AvgIpc) is 3.09. The van der Waals surface area contributed by atoms with Crippen LogP contribution in [0.3, 0.4) is 0 Å². The van der Waals surface area contributed by atoms with Crippen molar-refractivity contribution >= 4 is 23.8 Å². The highest BCUT2D eigenvalue weighted by molar-refractivity contribution is 6.24. The van der Waals surface area contributed by atoms with E-state index in [1.54, 1.807) is 24.3 Å². The smallest absolute Gasteiger partial charge is 0.302 e. The van der Waals surface area contributed by atoms with Crippen molar-refractivity contribution < 1.29 is 27.6 Å².